The van der Waals surface area contributed by atoms with Gasteiger partial charge in [0, 0.05) is 25.3 Å². The van der Waals surface area contributed by atoms with Crippen molar-refractivity contribution in [2.45, 2.75) is 58.1 Å². The van der Waals surface area contributed by atoms with Crippen LogP contribution in [0.1, 0.15) is 67.3 Å². The highest BCUT2D eigenvalue weighted by atomic mass is 32.2. The van der Waals surface area contributed by atoms with Gasteiger partial charge in [0.15, 0.2) is 9.84 Å². The Hall–Kier alpha value is -2.25. The van der Waals surface area contributed by atoms with Crippen molar-refractivity contribution in [3.05, 3.63) is 58.9 Å². The molecule has 152 valence electrons. The fourth-order valence-electron chi connectivity index (χ4n) is 2.78. The van der Waals surface area contributed by atoms with E-state index < -0.39 is 9.84 Å². The lowest BCUT2D eigenvalue weighted by molar-refractivity contribution is 0.0950. The van der Waals surface area contributed by atoms with Crippen LogP contribution in [-0.4, -0.2) is 25.1 Å². The van der Waals surface area contributed by atoms with Crippen LogP contribution in [0, 0.1) is 0 Å². The molecule has 0 saturated carbocycles. The Bertz CT molecular complexity index is 909. The summed E-state index contributed by atoms with van der Waals surface area (Å²) in [5.41, 5.74) is 3.41. The molecule has 0 fully saturated rings. The van der Waals surface area contributed by atoms with Crippen molar-refractivity contribution in [1.29, 1.82) is 0 Å². The van der Waals surface area contributed by atoms with E-state index in [4.69, 9.17) is 0 Å². The monoisotopic (exact) mass is 403 g/mol. The Morgan fingerprint density at radius 3 is 2.46 bits per heavy atom. The number of hydrogen-bond donors (Lipinski definition) is 2. The van der Waals surface area contributed by atoms with E-state index >= 15 is 0 Å². The van der Waals surface area contributed by atoms with Gasteiger partial charge in [-0.15, -0.1) is 0 Å². The van der Waals surface area contributed by atoms with Crippen molar-refractivity contribution in [2.75, 3.05) is 5.75 Å². The lowest BCUT2D eigenvalue weighted by atomic mass is 10.1. The van der Waals surface area contributed by atoms with Crippen molar-refractivity contribution in [1.82, 2.24) is 15.6 Å². The Kier molecular flexibility index (Phi) is 7.71. The molecule has 1 unspecified atom stereocenters. The molecule has 1 atom stereocenters. The molecular formula is C21H29N3O3S. The van der Waals surface area contributed by atoms with Crippen LogP contribution < -0.4 is 10.6 Å². The molecule has 0 bridgehead atoms. The molecular weight excluding hydrogens is 374 g/mol. The van der Waals surface area contributed by atoms with Crippen LogP contribution >= 0.6 is 0 Å². The topological polar surface area (TPSA) is 88.2 Å². The van der Waals surface area contributed by atoms with Gasteiger partial charge in [0.25, 0.3) is 5.91 Å². The van der Waals surface area contributed by atoms with Gasteiger partial charge in [0.05, 0.1) is 21.9 Å². The number of carbonyl (C=O) groups is 1. The second-order valence-corrected chi connectivity index (χ2v) is 9.08. The predicted molar refractivity (Wildman–Crippen MR) is 111 cm³/mol. The minimum atomic E-state index is -3.20. The summed E-state index contributed by atoms with van der Waals surface area (Å²) in [6.45, 7) is 8.97. The number of hydrogen-bond acceptors (Lipinski definition) is 5. The number of carbonyl (C=O) groups excluding carboxylic acids is 1. The van der Waals surface area contributed by atoms with Crippen LogP contribution in [0.2, 0.25) is 0 Å². The predicted octanol–water partition coefficient (Wildman–Crippen LogP) is 3.39. The number of aromatic nitrogens is 1. The summed E-state index contributed by atoms with van der Waals surface area (Å²) in [6, 6.07) is 8.66. The summed E-state index contributed by atoms with van der Waals surface area (Å²) >= 11 is 0. The van der Waals surface area contributed by atoms with E-state index in [9.17, 15) is 13.2 Å². The zero-order valence-electron chi connectivity index (χ0n) is 17.0. The minimum Gasteiger partial charge on any atom is -0.348 e. The third kappa shape index (κ3) is 5.39. The van der Waals surface area contributed by atoms with Gasteiger partial charge in [-0.05, 0) is 36.2 Å². The first-order chi connectivity index (χ1) is 13.3. The van der Waals surface area contributed by atoms with E-state index in [1.807, 2.05) is 13.0 Å². The maximum Gasteiger partial charge on any atom is 0.253 e. The first-order valence-corrected chi connectivity index (χ1v) is 11.3. The molecule has 1 aliphatic heterocycles. The van der Waals surface area contributed by atoms with E-state index in [0.717, 1.165) is 23.4 Å². The largest absolute Gasteiger partial charge is 0.348 e. The Morgan fingerprint density at radius 1 is 1.21 bits per heavy atom. The van der Waals surface area contributed by atoms with Crippen LogP contribution in [-0.2, 0) is 22.9 Å². The summed E-state index contributed by atoms with van der Waals surface area (Å²) < 4.78 is 23.6. The second kappa shape index (κ2) is 9.80. The third-order valence-electron chi connectivity index (χ3n) is 4.42. The SMILES string of the molecule is CCC.CCS(=O)(=O)c1ccc(CNC(=O)c2cnc3c(c2)C(C)NC3)cc1. The molecule has 2 heterocycles. The van der Waals surface area contributed by atoms with Crippen molar-refractivity contribution < 1.29 is 13.2 Å². The number of sulfone groups is 1. The lowest BCUT2D eigenvalue weighted by Crippen LogP contribution is -2.23. The lowest BCUT2D eigenvalue weighted by Gasteiger charge is -2.09. The van der Waals surface area contributed by atoms with Crippen LogP contribution in [0.5, 0.6) is 0 Å². The quantitative estimate of drug-likeness (QED) is 0.799. The highest BCUT2D eigenvalue weighted by Gasteiger charge is 2.20. The number of nitrogens with one attached hydrogen (secondary N) is 2. The van der Waals surface area contributed by atoms with E-state index in [1.54, 1.807) is 37.4 Å². The number of rotatable bonds is 5. The molecule has 1 aromatic heterocycles. The van der Waals surface area contributed by atoms with E-state index in [0.29, 0.717) is 17.0 Å². The molecule has 1 amide bonds. The summed E-state index contributed by atoms with van der Waals surface area (Å²) in [6.07, 6.45) is 2.84. The molecule has 7 heteroatoms. The van der Waals surface area contributed by atoms with Gasteiger partial charge in [-0.2, -0.15) is 0 Å². The van der Waals surface area contributed by atoms with Crippen molar-refractivity contribution in [3.8, 4) is 0 Å². The zero-order chi connectivity index (χ0) is 20.7. The molecule has 2 N–H and O–H groups in total. The standard InChI is InChI=1S/C18H21N3O3S.C3H8/c1-3-25(23,24)15-6-4-13(5-7-15)9-21-18(22)14-8-16-12(2)19-11-17(16)20-10-14;1-3-2/h4-8,10,12,19H,3,9,11H2,1-2H3,(H,21,22);3H2,1-2H3. The highest BCUT2D eigenvalue weighted by molar-refractivity contribution is 7.91. The van der Waals surface area contributed by atoms with Gasteiger partial charge >= 0.3 is 0 Å². The number of benzene rings is 1. The summed E-state index contributed by atoms with van der Waals surface area (Å²) in [5.74, 6) is -0.124. The molecule has 1 aromatic carbocycles. The van der Waals surface area contributed by atoms with Gasteiger partial charge in [0.2, 0.25) is 0 Å². The highest BCUT2D eigenvalue weighted by Crippen LogP contribution is 2.23. The fourth-order valence-corrected chi connectivity index (χ4v) is 3.67. The van der Waals surface area contributed by atoms with Crippen molar-refractivity contribution in [3.63, 3.8) is 0 Å². The van der Waals surface area contributed by atoms with Gasteiger partial charge < -0.3 is 10.6 Å². The molecule has 0 saturated heterocycles. The maximum absolute atomic E-state index is 12.3. The second-order valence-electron chi connectivity index (χ2n) is 6.80. The minimum absolute atomic E-state index is 0.0711. The number of pyridine rings is 1. The van der Waals surface area contributed by atoms with Gasteiger partial charge in [0.1, 0.15) is 0 Å². The average molecular weight is 404 g/mol. The number of nitrogens with zero attached hydrogens (tertiary/aromatic N) is 1. The molecule has 3 rings (SSSR count). The van der Waals surface area contributed by atoms with Crippen LogP contribution in [0.3, 0.4) is 0 Å². The molecule has 0 aliphatic carbocycles. The van der Waals surface area contributed by atoms with Crippen molar-refractivity contribution >= 4 is 15.7 Å². The van der Waals surface area contributed by atoms with Gasteiger partial charge in [-0.25, -0.2) is 8.42 Å². The average Bonchev–Trinajstić information content (AvgIpc) is 3.07. The van der Waals surface area contributed by atoms with E-state index in [1.165, 1.54) is 6.42 Å². The maximum atomic E-state index is 12.3. The molecule has 2 aromatic rings. The Labute approximate surface area is 167 Å². The molecule has 0 radical (unpaired) electrons. The number of amides is 1. The number of fused-ring (bicyclic) bond motifs is 1. The molecule has 6 nitrogen and oxygen atoms in total. The van der Waals surface area contributed by atoms with Crippen LogP contribution in [0.25, 0.3) is 0 Å². The van der Waals surface area contributed by atoms with Gasteiger partial charge in [-0.1, -0.05) is 39.3 Å². The summed E-state index contributed by atoms with van der Waals surface area (Å²) in [4.78, 5) is 17.0. The smallest absolute Gasteiger partial charge is 0.253 e. The zero-order valence-corrected chi connectivity index (χ0v) is 17.8. The Morgan fingerprint density at radius 2 is 1.86 bits per heavy atom. The van der Waals surface area contributed by atoms with Crippen molar-refractivity contribution in [2.24, 2.45) is 0 Å². The fraction of sp³-hybridized carbons (Fsp3) is 0.429. The molecule has 28 heavy (non-hydrogen) atoms. The Balaban J connectivity index is 0.000000878. The van der Waals surface area contributed by atoms with E-state index in [-0.39, 0.29) is 17.7 Å². The summed E-state index contributed by atoms with van der Waals surface area (Å²) in [5, 5.41) is 6.13. The molecule has 0 spiro atoms. The summed E-state index contributed by atoms with van der Waals surface area (Å²) in [7, 11) is -3.20. The van der Waals surface area contributed by atoms with Gasteiger partial charge in [-0.3, -0.25) is 9.78 Å². The molecule has 1 aliphatic rings. The first-order valence-electron chi connectivity index (χ1n) is 9.64. The van der Waals surface area contributed by atoms with Crippen LogP contribution in [0.4, 0.5) is 0 Å². The normalized spacial score (nSPS) is 15.4. The van der Waals surface area contributed by atoms with Crippen LogP contribution in [0.15, 0.2) is 41.4 Å². The first kappa shape index (κ1) is 22.0. The van der Waals surface area contributed by atoms with E-state index in [2.05, 4.69) is 29.5 Å². The third-order valence-corrected chi connectivity index (χ3v) is 6.17.